The summed E-state index contributed by atoms with van der Waals surface area (Å²) in [5.74, 6) is -0.323. The number of carbonyl (C=O) groups excluding carboxylic acids is 2. The van der Waals surface area contributed by atoms with Crippen LogP contribution in [0, 0.1) is 5.82 Å². The molecule has 0 radical (unpaired) electrons. The third kappa shape index (κ3) is 6.46. The zero-order valence-corrected chi connectivity index (χ0v) is 21.3. The normalized spacial score (nSPS) is 13.4. The molecule has 4 N–H and O–H groups in total. The standard InChI is InChI=1S/C24H24ClFN6O4S/c1-37-20-21(25)30-22(31-23(20)27-8-10-33)17-7-4-15(12-18(17)26)29-24(35)28-14-2-5-16(6-3-14)32-9-11-36-13-19(32)34/h2-7,12,33H,8-11,13H2,1H3,(H,27,30,31)(H2,28,29,35). The minimum Gasteiger partial charge on any atom is -0.395 e. The topological polar surface area (TPSA) is 129 Å². The van der Waals surface area contributed by atoms with Gasteiger partial charge in [0.05, 0.1) is 23.7 Å². The predicted octanol–water partition coefficient (Wildman–Crippen LogP) is 4.07. The van der Waals surface area contributed by atoms with Crippen molar-refractivity contribution in [2.24, 2.45) is 0 Å². The van der Waals surface area contributed by atoms with Crippen LogP contribution in [0.5, 0.6) is 0 Å². The molecular formula is C24H24ClFN6O4S. The van der Waals surface area contributed by atoms with Crippen molar-refractivity contribution < 1.29 is 23.8 Å². The highest BCUT2D eigenvalue weighted by Crippen LogP contribution is 2.33. The summed E-state index contributed by atoms with van der Waals surface area (Å²) < 4.78 is 20.1. The minimum atomic E-state index is -0.654. The molecule has 10 nitrogen and oxygen atoms in total. The summed E-state index contributed by atoms with van der Waals surface area (Å²) in [6.07, 6.45) is 1.81. The van der Waals surface area contributed by atoms with Crippen molar-refractivity contribution in [1.29, 1.82) is 0 Å². The lowest BCUT2D eigenvalue weighted by Gasteiger charge is -2.26. The van der Waals surface area contributed by atoms with Crippen molar-refractivity contribution in [2.75, 3.05) is 60.0 Å². The number of aromatic nitrogens is 2. The smallest absolute Gasteiger partial charge is 0.323 e. The van der Waals surface area contributed by atoms with Gasteiger partial charge in [-0.05, 0) is 48.7 Å². The van der Waals surface area contributed by atoms with E-state index in [1.54, 1.807) is 35.4 Å². The number of hydrogen-bond donors (Lipinski definition) is 4. The first-order valence-corrected chi connectivity index (χ1v) is 12.8. The molecule has 1 aliphatic rings. The van der Waals surface area contributed by atoms with Crippen LogP contribution in [0.15, 0.2) is 47.4 Å². The second-order valence-electron chi connectivity index (χ2n) is 7.79. The van der Waals surface area contributed by atoms with Crippen molar-refractivity contribution in [3.63, 3.8) is 0 Å². The molecular weight excluding hydrogens is 523 g/mol. The molecule has 0 spiro atoms. The Morgan fingerprint density at radius 3 is 2.59 bits per heavy atom. The largest absolute Gasteiger partial charge is 0.395 e. The lowest BCUT2D eigenvalue weighted by molar-refractivity contribution is -0.125. The van der Waals surface area contributed by atoms with E-state index < -0.39 is 11.8 Å². The molecule has 1 fully saturated rings. The molecule has 3 amide bonds. The van der Waals surface area contributed by atoms with Gasteiger partial charge in [-0.25, -0.2) is 19.2 Å². The number of nitrogens with one attached hydrogen (secondary N) is 3. The van der Waals surface area contributed by atoms with E-state index in [2.05, 4.69) is 25.9 Å². The second kappa shape index (κ2) is 12.2. The molecule has 1 aromatic heterocycles. The van der Waals surface area contributed by atoms with Gasteiger partial charge in [0.1, 0.15) is 23.4 Å². The molecule has 37 heavy (non-hydrogen) atoms. The number of benzene rings is 2. The fourth-order valence-corrected chi connectivity index (χ4v) is 4.53. The summed E-state index contributed by atoms with van der Waals surface area (Å²) in [6, 6.07) is 10.3. The Morgan fingerprint density at radius 2 is 1.92 bits per heavy atom. The molecule has 2 heterocycles. The van der Waals surface area contributed by atoms with Gasteiger partial charge in [-0.15, -0.1) is 11.8 Å². The summed E-state index contributed by atoms with van der Waals surface area (Å²) in [5, 5.41) is 17.5. The molecule has 1 saturated heterocycles. The lowest BCUT2D eigenvalue weighted by Crippen LogP contribution is -2.41. The molecule has 0 atom stereocenters. The highest BCUT2D eigenvalue weighted by Gasteiger charge is 2.20. The molecule has 4 rings (SSSR count). The van der Waals surface area contributed by atoms with E-state index in [9.17, 15) is 14.0 Å². The Hall–Kier alpha value is -3.45. The van der Waals surface area contributed by atoms with Crippen molar-refractivity contribution in [2.45, 2.75) is 4.90 Å². The number of rotatable bonds is 8. The van der Waals surface area contributed by atoms with Crippen LogP contribution in [-0.4, -0.2) is 66.2 Å². The van der Waals surface area contributed by atoms with E-state index >= 15 is 0 Å². The third-order valence-electron chi connectivity index (χ3n) is 5.32. The van der Waals surface area contributed by atoms with E-state index in [4.69, 9.17) is 21.4 Å². The fraction of sp³-hybridized carbons (Fsp3) is 0.250. The second-order valence-corrected chi connectivity index (χ2v) is 8.96. The Balaban J connectivity index is 1.43. The van der Waals surface area contributed by atoms with Crippen LogP contribution in [0.3, 0.4) is 0 Å². The number of aliphatic hydroxyl groups excluding tert-OH is 1. The Morgan fingerprint density at radius 1 is 1.19 bits per heavy atom. The quantitative estimate of drug-likeness (QED) is 0.246. The number of anilines is 4. The van der Waals surface area contributed by atoms with Gasteiger partial charge in [-0.1, -0.05) is 11.6 Å². The van der Waals surface area contributed by atoms with Crippen molar-refractivity contribution in [1.82, 2.24) is 9.97 Å². The van der Waals surface area contributed by atoms with Crippen LogP contribution in [0.1, 0.15) is 0 Å². The summed E-state index contributed by atoms with van der Waals surface area (Å²) in [6.45, 7) is 1.11. The van der Waals surface area contributed by atoms with E-state index in [1.807, 2.05) is 0 Å². The summed E-state index contributed by atoms with van der Waals surface area (Å²) in [7, 11) is 0. The third-order valence-corrected chi connectivity index (χ3v) is 6.50. The van der Waals surface area contributed by atoms with Gasteiger partial charge in [0.2, 0.25) is 0 Å². The SMILES string of the molecule is CSc1c(Cl)nc(-c2ccc(NC(=O)Nc3ccc(N4CCOCC4=O)cc3)cc2F)nc1NCCO. The first-order valence-electron chi connectivity index (χ1n) is 11.2. The van der Waals surface area contributed by atoms with Gasteiger partial charge in [0, 0.05) is 30.2 Å². The predicted molar refractivity (Wildman–Crippen MR) is 142 cm³/mol. The summed E-state index contributed by atoms with van der Waals surface area (Å²) in [5.41, 5.74) is 1.53. The van der Waals surface area contributed by atoms with Gasteiger partial charge in [-0.2, -0.15) is 0 Å². The summed E-state index contributed by atoms with van der Waals surface area (Å²) in [4.78, 5) is 35.2. The zero-order chi connectivity index (χ0) is 26.4. The Kier molecular flexibility index (Phi) is 8.77. The van der Waals surface area contributed by atoms with Crippen LogP contribution in [0.25, 0.3) is 11.4 Å². The highest BCUT2D eigenvalue weighted by molar-refractivity contribution is 7.98. The molecule has 1 aliphatic heterocycles. The van der Waals surface area contributed by atoms with Crippen LogP contribution in [-0.2, 0) is 9.53 Å². The maximum atomic E-state index is 15.0. The number of thioether (sulfide) groups is 1. The zero-order valence-electron chi connectivity index (χ0n) is 19.8. The van der Waals surface area contributed by atoms with E-state index in [-0.39, 0.29) is 47.9 Å². The van der Waals surface area contributed by atoms with Crippen LogP contribution < -0.4 is 20.9 Å². The lowest BCUT2D eigenvalue weighted by atomic mass is 10.1. The van der Waals surface area contributed by atoms with Gasteiger partial charge in [0.25, 0.3) is 5.91 Å². The van der Waals surface area contributed by atoms with Crippen LogP contribution >= 0.6 is 23.4 Å². The maximum Gasteiger partial charge on any atom is 0.323 e. The number of hydrogen-bond acceptors (Lipinski definition) is 8. The number of morpholine rings is 1. The highest BCUT2D eigenvalue weighted by atomic mass is 35.5. The molecule has 0 aliphatic carbocycles. The van der Waals surface area contributed by atoms with Gasteiger partial charge >= 0.3 is 6.03 Å². The molecule has 0 bridgehead atoms. The first kappa shape index (κ1) is 26.6. The van der Waals surface area contributed by atoms with Crippen LogP contribution in [0.4, 0.5) is 32.1 Å². The number of urea groups is 1. The number of halogens is 2. The molecule has 13 heteroatoms. The Bertz CT molecular complexity index is 1300. The van der Waals surface area contributed by atoms with Crippen molar-refractivity contribution in [3.05, 3.63) is 53.4 Å². The number of ether oxygens (including phenoxy) is 1. The van der Waals surface area contributed by atoms with Crippen LogP contribution in [0.2, 0.25) is 5.15 Å². The molecule has 0 saturated carbocycles. The average Bonchev–Trinajstić information content (AvgIpc) is 2.88. The van der Waals surface area contributed by atoms with Crippen molar-refractivity contribution >= 4 is 58.2 Å². The first-order chi connectivity index (χ1) is 17.9. The van der Waals surface area contributed by atoms with Gasteiger partial charge < -0.3 is 30.7 Å². The molecule has 0 unspecified atom stereocenters. The van der Waals surface area contributed by atoms with Crippen molar-refractivity contribution in [3.8, 4) is 11.4 Å². The number of amides is 3. The molecule has 2 aromatic carbocycles. The van der Waals surface area contributed by atoms with Gasteiger partial charge in [0.15, 0.2) is 5.82 Å². The Labute approximate surface area is 221 Å². The molecule has 194 valence electrons. The monoisotopic (exact) mass is 546 g/mol. The number of carbonyl (C=O) groups is 2. The van der Waals surface area contributed by atoms with E-state index in [0.717, 1.165) is 6.07 Å². The van der Waals surface area contributed by atoms with E-state index in [1.165, 1.54) is 23.9 Å². The fourth-order valence-electron chi connectivity index (χ4n) is 3.60. The van der Waals surface area contributed by atoms with Gasteiger partial charge in [-0.3, -0.25) is 4.79 Å². The maximum absolute atomic E-state index is 15.0. The minimum absolute atomic E-state index is 0.0435. The average molecular weight is 547 g/mol. The van der Waals surface area contributed by atoms with E-state index in [0.29, 0.717) is 35.2 Å². The summed E-state index contributed by atoms with van der Waals surface area (Å²) >= 11 is 7.59. The number of nitrogens with zero attached hydrogens (tertiary/aromatic N) is 3. The number of aliphatic hydroxyl groups is 1. The molecule has 3 aromatic rings.